The molecule has 180 valence electrons. The van der Waals surface area contributed by atoms with Gasteiger partial charge in [0.05, 0.1) is 18.2 Å². The van der Waals surface area contributed by atoms with Crippen molar-refractivity contribution in [2.24, 2.45) is 0 Å². The monoisotopic (exact) mass is 489 g/mol. The lowest BCUT2D eigenvalue weighted by atomic mass is 10.0. The Kier molecular flexibility index (Phi) is 6.61. The van der Waals surface area contributed by atoms with Gasteiger partial charge >= 0.3 is 0 Å². The number of pyridine rings is 2. The highest BCUT2D eigenvalue weighted by atomic mass is 32.1. The number of carbonyl (C=O) groups is 2. The topological polar surface area (TPSA) is 99.8 Å². The molecule has 0 aliphatic carbocycles. The smallest absolute Gasteiger partial charge is 0.270 e. The summed E-state index contributed by atoms with van der Waals surface area (Å²) in [6, 6.07) is 10.9. The van der Waals surface area contributed by atoms with Gasteiger partial charge in [-0.2, -0.15) is 11.3 Å². The van der Waals surface area contributed by atoms with E-state index in [1.165, 1.54) is 11.3 Å². The van der Waals surface area contributed by atoms with Crippen LogP contribution in [0.25, 0.3) is 16.9 Å². The maximum Gasteiger partial charge on any atom is 0.270 e. The van der Waals surface area contributed by atoms with Crippen molar-refractivity contribution in [3.05, 3.63) is 76.5 Å². The van der Waals surface area contributed by atoms with E-state index in [9.17, 15) is 14.7 Å². The Hall–Kier alpha value is -3.56. The van der Waals surface area contributed by atoms with Crippen molar-refractivity contribution in [1.29, 1.82) is 0 Å². The third kappa shape index (κ3) is 4.44. The number of carbonyl (C=O) groups excluding carboxylic acids is 2. The standard InChI is InChI=1S/C26H27N5O3S/c1-2-19(15-32)28-25(33)23-22(18-9-13-35-16-18)29-24-20(6-5-11-31(23)24)26(34)30-12-8-17(14-30)21-7-3-4-10-27-21/h3-7,9-11,13,16-17,19,32H,2,8,12,14-15H2,1H3,(H,28,33)/t17?,19-/m0/s1. The molecular formula is C26H27N5O3S. The molecule has 1 aliphatic rings. The molecule has 2 atom stereocenters. The van der Waals surface area contributed by atoms with Crippen LogP contribution in [0.15, 0.2) is 59.6 Å². The highest BCUT2D eigenvalue weighted by Crippen LogP contribution is 2.30. The largest absolute Gasteiger partial charge is 0.394 e. The fraction of sp³-hybridized carbons (Fsp3) is 0.308. The molecule has 5 heterocycles. The second-order valence-corrected chi connectivity index (χ2v) is 9.47. The predicted octanol–water partition coefficient (Wildman–Crippen LogP) is 3.59. The van der Waals surface area contributed by atoms with Crippen molar-refractivity contribution >= 4 is 28.8 Å². The van der Waals surface area contributed by atoms with Crippen molar-refractivity contribution in [2.45, 2.75) is 31.7 Å². The first-order valence-electron chi connectivity index (χ1n) is 11.8. The van der Waals surface area contributed by atoms with E-state index in [0.29, 0.717) is 42.1 Å². The molecule has 1 unspecified atom stereocenters. The van der Waals surface area contributed by atoms with Gasteiger partial charge in [-0.05, 0) is 48.6 Å². The van der Waals surface area contributed by atoms with Gasteiger partial charge in [-0.15, -0.1) is 0 Å². The minimum Gasteiger partial charge on any atom is -0.394 e. The van der Waals surface area contributed by atoms with Gasteiger partial charge in [0.2, 0.25) is 0 Å². The van der Waals surface area contributed by atoms with Crippen LogP contribution in [0.4, 0.5) is 0 Å². The molecule has 9 heteroatoms. The quantitative estimate of drug-likeness (QED) is 0.413. The van der Waals surface area contributed by atoms with Crippen molar-refractivity contribution in [3.8, 4) is 11.3 Å². The van der Waals surface area contributed by atoms with Crippen LogP contribution in [-0.4, -0.2) is 61.9 Å². The number of nitrogens with one attached hydrogen (secondary N) is 1. The van der Waals surface area contributed by atoms with Crippen LogP contribution < -0.4 is 5.32 Å². The van der Waals surface area contributed by atoms with E-state index >= 15 is 0 Å². The number of amides is 2. The van der Waals surface area contributed by atoms with E-state index < -0.39 is 0 Å². The second kappa shape index (κ2) is 9.97. The van der Waals surface area contributed by atoms with Crippen LogP contribution in [0.1, 0.15) is 52.2 Å². The minimum absolute atomic E-state index is 0.107. The molecule has 0 aromatic carbocycles. The van der Waals surface area contributed by atoms with E-state index in [0.717, 1.165) is 17.7 Å². The maximum absolute atomic E-state index is 13.6. The number of hydrogen-bond donors (Lipinski definition) is 2. The van der Waals surface area contributed by atoms with Gasteiger partial charge in [-0.3, -0.25) is 19.0 Å². The molecular weight excluding hydrogens is 462 g/mol. The van der Waals surface area contributed by atoms with E-state index in [-0.39, 0.29) is 30.4 Å². The molecule has 5 rings (SSSR count). The Morgan fingerprint density at radius 1 is 1.26 bits per heavy atom. The van der Waals surface area contributed by atoms with E-state index in [1.54, 1.807) is 28.9 Å². The van der Waals surface area contributed by atoms with E-state index in [2.05, 4.69) is 10.3 Å². The normalized spacial score (nSPS) is 16.5. The van der Waals surface area contributed by atoms with Gasteiger partial charge in [0, 0.05) is 48.0 Å². The van der Waals surface area contributed by atoms with Crippen LogP contribution in [-0.2, 0) is 0 Å². The number of aliphatic hydroxyl groups excluding tert-OH is 1. The second-order valence-electron chi connectivity index (χ2n) is 8.69. The fourth-order valence-corrected chi connectivity index (χ4v) is 5.20. The number of imidazole rings is 1. The molecule has 0 radical (unpaired) electrons. The average molecular weight is 490 g/mol. The maximum atomic E-state index is 13.6. The van der Waals surface area contributed by atoms with Gasteiger partial charge in [-0.1, -0.05) is 13.0 Å². The van der Waals surface area contributed by atoms with Gasteiger partial charge < -0.3 is 15.3 Å². The Balaban J connectivity index is 1.52. The first kappa shape index (κ1) is 23.2. The van der Waals surface area contributed by atoms with Gasteiger partial charge in [-0.25, -0.2) is 4.98 Å². The summed E-state index contributed by atoms with van der Waals surface area (Å²) in [6.45, 7) is 2.99. The first-order valence-corrected chi connectivity index (χ1v) is 12.7. The molecule has 0 saturated carbocycles. The summed E-state index contributed by atoms with van der Waals surface area (Å²) >= 11 is 1.51. The van der Waals surface area contributed by atoms with Gasteiger partial charge in [0.15, 0.2) is 5.65 Å². The summed E-state index contributed by atoms with van der Waals surface area (Å²) in [6.07, 6.45) is 4.99. The average Bonchev–Trinajstić information content (AvgIpc) is 3.66. The summed E-state index contributed by atoms with van der Waals surface area (Å²) in [5.74, 6) is -0.239. The third-order valence-corrected chi connectivity index (χ3v) is 7.20. The zero-order chi connectivity index (χ0) is 24.4. The Labute approximate surface area is 207 Å². The number of rotatable bonds is 7. The Morgan fingerprint density at radius 3 is 2.86 bits per heavy atom. The molecule has 1 aliphatic heterocycles. The molecule has 1 fully saturated rings. The zero-order valence-corrected chi connectivity index (χ0v) is 20.2. The SMILES string of the molecule is CC[C@@H](CO)NC(=O)c1c(-c2ccsc2)nc2c(C(=O)N3CCC(c4ccccn4)C3)cccn12. The summed E-state index contributed by atoms with van der Waals surface area (Å²) in [5, 5.41) is 16.3. The Morgan fingerprint density at radius 2 is 2.14 bits per heavy atom. The third-order valence-electron chi connectivity index (χ3n) is 6.52. The number of aliphatic hydroxyl groups is 1. The van der Waals surface area contributed by atoms with Crippen LogP contribution in [0.2, 0.25) is 0 Å². The van der Waals surface area contributed by atoms with Crippen LogP contribution >= 0.6 is 11.3 Å². The minimum atomic E-state index is -0.360. The number of nitrogens with zero attached hydrogens (tertiary/aromatic N) is 4. The lowest BCUT2D eigenvalue weighted by Gasteiger charge is -2.17. The van der Waals surface area contributed by atoms with E-state index in [4.69, 9.17) is 4.98 Å². The highest BCUT2D eigenvalue weighted by Gasteiger charge is 2.31. The van der Waals surface area contributed by atoms with Gasteiger partial charge in [0.1, 0.15) is 11.4 Å². The number of aromatic nitrogens is 3. The molecule has 2 N–H and O–H groups in total. The summed E-state index contributed by atoms with van der Waals surface area (Å²) in [5.41, 5.74) is 3.59. The van der Waals surface area contributed by atoms with Crippen LogP contribution in [0.3, 0.4) is 0 Å². The zero-order valence-electron chi connectivity index (χ0n) is 19.4. The van der Waals surface area contributed by atoms with Crippen molar-refractivity contribution in [2.75, 3.05) is 19.7 Å². The number of likely N-dealkylation sites (tertiary alicyclic amines) is 1. The Bertz CT molecular complexity index is 1330. The van der Waals surface area contributed by atoms with Crippen molar-refractivity contribution < 1.29 is 14.7 Å². The lowest BCUT2D eigenvalue weighted by Crippen LogP contribution is -2.37. The summed E-state index contributed by atoms with van der Waals surface area (Å²) in [4.78, 5) is 38.0. The molecule has 0 spiro atoms. The van der Waals surface area contributed by atoms with Crippen LogP contribution in [0, 0.1) is 0 Å². The summed E-state index contributed by atoms with van der Waals surface area (Å²) in [7, 11) is 0. The van der Waals surface area contributed by atoms with Crippen LogP contribution in [0.5, 0.6) is 0 Å². The molecule has 8 nitrogen and oxygen atoms in total. The molecule has 0 bridgehead atoms. The van der Waals surface area contributed by atoms with E-state index in [1.807, 2.05) is 46.8 Å². The molecule has 4 aromatic rings. The highest BCUT2D eigenvalue weighted by molar-refractivity contribution is 7.08. The molecule has 2 amide bonds. The first-order chi connectivity index (χ1) is 17.1. The van der Waals surface area contributed by atoms with Gasteiger partial charge in [0.25, 0.3) is 11.8 Å². The number of thiophene rings is 1. The predicted molar refractivity (Wildman–Crippen MR) is 135 cm³/mol. The lowest BCUT2D eigenvalue weighted by molar-refractivity contribution is 0.0791. The van der Waals surface area contributed by atoms with Crippen molar-refractivity contribution in [3.63, 3.8) is 0 Å². The van der Waals surface area contributed by atoms with Crippen molar-refractivity contribution in [1.82, 2.24) is 24.6 Å². The molecule has 4 aromatic heterocycles. The molecule has 35 heavy (non-hydrogen) atoms. The summed E-state index contributed by atoms with van der Waals surface area (Å²) < 4.78 is 1.69. The molecule has 1 saturated heterocycles. The fourth-order valence-electron chi connectivity index (χ4n) is 4.56. The number of hydrogen-bond acceptors (Lipinski definition) is 6. The number of fused-ring (bicyclic) bond motifs is 1.